The summed E-state index contributed by atoms with van der Waals surface area (Å²) >= 11 is 1.67. The van der Waals surface area contributed by atoms with Crippen LogP contribution in [-0.2, 0) is 17.8 Å². The van der Waals surface area contributed by atoms with Gasteiger partial charge in [-0.1, -0.05) is 18.2 Å². The Hall–Kier alpha value is -2.64. The molecule has 0 radical (unpaired) electrons. The highest BCUT2D eigenvalue weighted by Gasteiger charge is 2.11. The minimum atomic E-state index is -0.00362. The molecular formula is C21H25N3O3S. The maximum atomic E-state index is 12.2. The minimum Gasteiger partial charge on any atom is -0.497 e. The number of para-hydroxylation sites is 1. The van der Waals surface area contributed by atoms with E-state index in [1.807, 2.05) is 48.3 Å². The molecule has 0 aliphatic carbocycles. The number of aromatic nitrogens is 1. The zero-order valence-electron chi connectivity index (χ0n) is 16.4. The highest BCUT2D eigenvalue weighted by molar-refractivity contribution is 7.18. The van der Waals surface area contributed by atoms with Crippen molar-refractivity contribution in [2.24, 2.45) is 0 Å². The molecule has 0 saturated carbocycles. The molecular weight excluding hydrogens is 374 g/mol. The monoisotopic (exact) mass is 399 g/mol. The van der Waals surface area contributed by atoms with Crippen LogP contribution in [-0.4, -0.2) is 50.1 Å². The van der Waals surface area contributed by atoms with Crippen molar-refractivity contribution in [3.05, 3.63) is 53.0 Å². The van der Waals surface area contributed by atoms with E-state index in [1.165, 1.54) is 4.70 Å². The van der Waals surface area contributed by atoms with E-state index in [9.17, 15) is 4.79 Å². The summed E-state index contributed by atoms with van der Waals surface area (Å²) in [6.07, 6.45) is 0.737. The number of hydrogen-bond acceptors (Lipinski definition) is 6. The number of fused-ring (bicyclic) bond motifs is 1. The van der Waals surface area contributed by atoms with Crippen LogP contribution in [0.3, 0.4) is 0 Å². The third-order valence-electron chi connectivity index (χ3n) is 4.35. The number of carbonyl (C=O) groups is 1. The molecule has 0 aliphatic heterocycles. The van der Waals surface area contributed by atoms with Gasteiger partial charge in [-0.2, -0.15) is 0 Å². The van der Waals surface area contributed by atoms with Crippen LogP contribution in [0.1, 0.15) is 10.6 Å². The molecule has 1 heterocycles. The van der Waals surface area contributed by atoms with Crippen LogP contribution in [0.2, 0.25) is 0 Å². The number of hydrogen-bond donors (Lipinski definition) is 1. The zero-order chi connectivity index (χ0) is 19.9. The van der Waals surface area contributed by atoms with Crippen molar-refractivity contribution in [1.82, 2.24) is 15.2 Å². The third-order valence-corrected chi connectivity index (χ3v) is 5.44. The molecule has 1 aromatic heterocycles. The number of benzene rings is 2. The molecule has 1 amide bonds. The molecule has 6 nitrogen and oxygen atoms in total. The van der Waals surface area contributed by atoms with Gasteiger partial charge in [0.15, 0.2) is 0 Å². The number of rotatable bonds is 9. The van der Waals surface area contributed by atoms with Gasteiger partial charge < -0.3 is 14.8 Å². The Morgan fingerprint density at radius 1 is 1.18 bits per heavy atom. The smallest absolute Gasteiger partial charge is 0.234 e. The largest absolute Gasteiger partial charge is 0.497 e. The first-order chi connectivity index (χ1) is 13.6. The third kappa shape index (κ3) is 5.21. The molecule has 0 fully saturated rings. The summed E-state index contributed by atoms with van der Waals surface area (Å²) in [6.45, 7) is 1.51. The van der Waals surface area contributed by atoms with Gasteiger partial charge in [-0.05, 0) is 25.2 Å². The molecule has 0 saturated heterocycles. The van der Waals surface area contributed by atoms with Crippen LogP contribution in [0.25, 0.3) is 10.2 Å². The lowest BCUT2D eigenvalue weighted by atomic mass is 10.2. The van der Waals surface area contributed by atoms with Gasteiger partial charge in [0, 0.05) is 31.1 Å². The highest BCUT2D eigenvalue weighted by Crippen LogP contribution is 2.25. The second-order valence-corrected chi connectivity index (χ2v) is 7.64. The Balaban J connectivity index is 1.46. The molecule has 3 rings (SSSR count). The van der Waals surface area contributed by atoms with Crippen LogP contribution < -0.4 is 14.8 Å². The molecule has 0 bridgehead atoms. The number of likely N-dealkylation sites (N-methyl/N-ethyl adjacent to an activating group) is 1. The molecule has 0 unspecified atom stereocenters. The second kappa shape index (κ2) is 9.52. The fourth-order valence-corrected chi connectivity index (χ4v) is 3.93. The van der Waals surface area contributed by atoms with Crippen molar-refractivity contribution < 1.29 is 14.3 Å². The van der Waals surface area contributed by atoms with Gasteiger partial charge in [0.1, 0.15) is 11.5 Å². The predicted octanol–water partition coefficient (Wildman–Crippen LogP) is 3.10. The first kappa shape index (κ1) is 20.1. The fourth-order valence-electron chi connectivity index (χ4n) is 2.97. The van der Waals surface area contributed by atoms with Gasteiger partial charge in [-0.15, -0.1) is 11.3 Å². The summed E-state index contributed by atoms with van der Waals surface area (Å²) in [6, 6.07) is 13.8. The minimum absolute atomic E-state index is 0.00362. The number of carbonyl (C=O) groups excluding carboxylic acids is 1. The number of ether oxygens (including phenoxy) is 2. The van der Waals surface area contributed by atoms with Crippen molar-refractivity contribution >= 4 is 27.5 Å². The van der Waals surface area contributed by atoms with Gasteiger partial charge in [-0.3, -0.25) is 9.69 Å². The summed E-state index contributed by atoms with van der Waals surface area (Å²) in [4.78, 5) is 18.8. The van der Waals surface area contributed by atoms with E-state index in [1.54, 1.807) is 25.6 Å². The lowest BCUT2D eigenvalue weighted by Gasteiger charge is -2.18. The van der Waals surface area contributed by atoms with Crippen LogP contribution in [0.5, 0.6) is 11.5 Å². The van der Waals surface area contributed by atoms with Crippen LogP contribution >= 0.6 is 11.3 Å². The van der Waals surface area contributed by atoms with E-state index >= 15 is 0 Å². The molecule has 1 N–H and O–H groups in total. The quantitative estimate of drug-likeness (QED) is 0.599. The fraction of sp³-hybridized carbons (Fsp3) is 0.333. The summed E-state index contributed by atoms with van der Waals surface area (Å²) < 4.78 is 11.8. The Morgan fingerprint density at radius 2 is 2.00 bits per heavy atom. The Bertz CT molecular complexity index is 909. The van der Waals surface area contributed by atoms with Gasteiger partial charge in [0.05, 0.1) is 36.0 Å². The first-order valence-corrected chi connectivity index (χ1v) is 9.91. The van der Waals surface area contributed by atoms with Crippen molar-refractivity contribution in [1.29, 1.82) is 0 Å². The van der Waals surface area contributed by atoms with Crippen molar-refractivity contribution in [3.63, 3.8) is 0 Å². The summed E-state index contributed by atoms with van der Waals surface area (Å²) in [7, 11) is 5.17. The van der Waals surface area contributed by atoms with E-state index < -0.39 is 0 Å². The predicted molar refractivity (Wildman–Crippen MR) is 112 cm³/mol. The topological polar surface area (TPSA) is 63.7 Å². The molecule has 0 aliphatic rings. The standard InChI is InChI=1S/C21H25N3O3S/c1-24(13-15-8-9-16(26-2)12-18(15)27-3)14-20(25)22-11-10-21-23-17-6-4-5-7-19(17)28-21/h4-9,12H,10-11,13-14H2,1-3H3,(H,22,25). The SMILES string of the molecule is COc1ccc(CN(C)CC(=O)NCCc2nc3ccccc3s2)c(OC)c1. The number of nitrogens with one attached hydrogen (secondary N) is 1. The summed E-state index contributed by atoms with van der Waals surface area (Å²) in [5.41, 5.74) is 2.02. The highest BCUT2D eigenvalue weighted by atomic mass is 32.1. The Labute approximate surface area is 169 Å². The molecule has 0 atom stereocenters. The number of thiazole rings is 1. The van der Waals surface area contributed by atoms with Crippen LogP contribution in [0, 0.1) is 0 Å². The van der Waals surface area contributed by atoms with Gasteiger partial charge in [0.25, 0.3) is 0 Å². The molecule has 7 heteroatoms. The molecule has 0 spiro atoms. The maximum absolute atomic E-state index is 12.2. The van der Waals surface area contributed by atoms with Gasteiger partial charge in [-0.25, -0.2) is 4.98 Å². The van der Waals surface area contributed by atoms with E-state index in [4.69, 9.17) is 9.47 Å². The molecule has 148 valence electrons. The number of methoxy groups -OCH3 is 2. The van der Waals surface area contributed by atoms with Crippen LogP contribution in [0.15, 0.2) is 42.5 Å². The number of amides is 1. The number of nitrogens with zero attached hydrogens (tertiary/aromatic N) is 2. The normalized spacial score (nSPS) is 11.0. The van der Waals surface area contributed by atoms with Crippen molar-refractivity contribution in [2.45, 2.75) is 13.0 Å². The molecule has 28 heavy (non-hydrogen) atoms. The Kier molecular flexibility index (Phi) is 6.84. The first-order valence-electron chi connectivity index (χ1n) is 9.09. The average molecular weight is 400 g/mol. The van der Waals surface area contributed by atoms with Crippen molar-refractivity contribution in [2.75, 3.05) is 34.4 Å². The summed E-state index contributed by atoms with van der Waals surface area (Å²) in [5.74, 6) is 1.49. The molecule has 2 aromatic carbocycles. The Morgan fingerprint density at radius 3 is 2.75 bits per heavy atom. The summed E-state index contributed by atoms with van der Waals surface area (Å²) in [5, 5.41) is 4.01. The van der Waals surface area contributed by atoms with E-state index in [-0.39, 0.29) is 5.91 Å². The maximum Gasteiger partial charge on any atom is 0.234 e. The zero-order valence-corrected chi connectivity index (χ0v) is 17.2. The van der Waals surface area contributed by atoms with E-state index in [2.05, 4.69) is 16.4 Å². The lowest BCUT2D eigenvalue weighted by molar-refractivity contribution is -0.122. The van der Waals surface area contributed by atoms with E-state index in [0.29, 0.717) is 19.6 Å². The van der Waals surface area contributed by atoms with Gasteiger partial charge in [0.2, 0.25) is 5.91 Å². The van der Waals surface area contributed by atoms with Gasteiger partial charge >= 0.3 is 0 Å². The van der Waals surface area contributed by atoms with Crippen LogP contribution in [0.4, 0.5) is 0 Å². The average Bonchev–Trinajstić information content (AvgIpc) is 3.11. The lowest BCUT2D eigenvalue weighted by Crippen LogP contribution is -2.35. The van der Waals surface area contributed by atoms with Crippen molar-refractivity contribution in [3.8, 4) is 11.5 Å². The second-order valence-electron chi connectivity index (χ2n) is 6.53. The molecule has 3 aromatic rings. The van der Waals surface area contributed by atoms with E-state index in [0.717, 1.165) is 34.0 Å².